The van der Waals surface area contributed by atoms with Gasteiger partial charge in [0.1, 0.15) is 0 Å². The summed E-state index contributed by atoms with van der Waals surface area (Å²) in [6, 6.07) is 12.7. The first-order valence-corrected chi connectivity index (χ1v) is 8.09. The van der Waals surface area contributed by atoms with Crippen molar-refractivity contribution in [1.29, 1.82) is 0 Å². The molecular weight excluding hydrogens is 314 g/mol. The van der Waals surface area contributed by atoms with Crippen molar-refractivity contribution in [2.24, 2.45) is 0 Å². The molecule has 0 heterocycles. The first-order chi connectivity index (χ1) is 12.0. The number of aryl methyl sites for hydroxylation is 2. The summed E-state index contributed by atoms with van der Waals surface area (Å²) in [5.41, 5.74) is 4.48. The third-order valence-corrected chi connectivity index (χ3v) is 3.80. The predicted octanol–water partition coefficient (Wildman–Crippen LogP) is 3.27. The zero-order chi connectivity index (χ0) is 18.2. The Balaban J connectivity index is 1.86. The van der Waals surface area contributed by atoms with Crippen LogP contribution in [0.3, 0.4) is 0 Å². The molecule has 0 saturated heterocycles. The Morgan fingerprint density at radius 1 is 1.00 bits per heavy atom. The molecule has 0 fully saturated rings. The molecule has 0 aromatic heterocycles. The van der Waals surface area contributed by atoms with E-state index in [1.165, 1.54) is 11.1 Å². The Morgan fingerprint density at radius 3 is 2.32 bits per heavy atom. The number of carbonyl (C=O) groups excluding carboxylic acids is 2. The number of rotatable bonds is 7. The fraction of sp³-hybridized carbons (Fsp3) is 0.200. The lowest BCUT2D eigenvalue weighted by Gasteiger charge is -2.10. The maximum absolute atomic E-state index is 12.0. The molecule has 2 aromatic rings. The highest BCUT2D eigenvalue weighted by molar-refractivity contribution is 5.96. The SMILES string of the molecule is C=CCNC(=O)c1ccc(NC(=O)CNc2ccc(C)c(C)c2)cc1. The summed E-state index contributed by atoms with van der Waals surface area (Å²) in [4.78, 5) is 23.8. The normalized spacial score (nSPS) is 10.0. The van der Waals surface area contributed by atoms with Crippen LogP contribution in [0.15, 0.2) is 55.1 Å². The van der Waals surface area contributed by atoms with E-state index in [4.69, 9.17) is 0 Å². The van der Waals surface area contributed by atoms with Gasteiger partial charge in [-0.15, -0.1) is 6.58 Å². The van der Waals surface area contributed by atoms with Crippen LogP contribution in [0.25, 0.3) is 0 Å². The summed E-state index contributed by atoms with van der Waals surface area (Å²) in [6.07, 6.45) is 1.62. The molecule has 0 radical (unpaired) electrons. The highest BCUT2D eigenvalue weighted by atomic mass is 16.2. The van der Waals surface area contributed by atoms with E-state index in [9.17, 15) is 9.59 Å². The summed E-state index contributed by atoms with van der Waals surface area (Å²) in [7, 11) is 0. The second-order valence-corrected chi connectivity index (χ2v) is 5.78. The van der Waals surface area contributed by atoms with E-state index < -0.39 is 0 Å². The molecule has 2 amide bonds. The van der Waals surface area contributed by atoms with Gasteiger partial charge in [-0.25, -0.2) is 0 Å². The van der Waals surface area contributed by atoms with Crippen LogP contribution >= 0.6 is 0 Å². The largest absolute Gasteiger partial charge is 0.376 e. The van der Waals surface area contributed by atoms with Crippen molar-refractivity contribution in [1.82, 2.24) is 5.32 Å². The number of anilines is 2. The smallest absolute Gasteiger partial charge is 0.251 e. The van der Waals surface area contributed by atoms with Crippen molar-refractivity contribution in [2.45, 2.75) is 13.8 Å². The number of nitrogens with one attached hydrogen (secondary N) is 3. The van der Waals surface area contributed by atoms with E-state index in [-0.39, 0.29) is 18.4 Å². The second-order valence-electron chi connectivity index (χ2n) is 5.78. The summed E-state index contributed by atoms with van der Waals surface area (Å²) in [6.45, 7) is 8.23. The maximum Gasteiger partial charge on any atom is 0.251 e. The van der Waals surface area contributed by atoms with Crippen molar-refractivity contribution >= 4 is 23.2 Å². The fourth-order valence-corrected chi connectivity index (χ4v) is 2.21. The van der Waals surface area contributed by atoms with Gasteiger partial charge in [0.05, 0.1) is 6.54 Å². The van der Waals surface area contributed by atoms with Gasteiger partial charge in [-0.1, -0.05) is 12.1 Å². The van der Waals surface area contributed by atoms with Crippen molar-refractivity contribution < 1.29 is 9.59 Å². The van der Waals surface area contributed by atoms with Gasteiger partial charge in [-0.3, -0.25) is 9.59 Å². The summed E-state index contributed by atoms with van der Waals surface area (Å²) in [5, 5.41) is 8.60. The Labute approximate surface area is 148 Å². The molecule has 0 spiro atoms. The summed E-state index contributed by atoms with van der Waals surface area (Å²) < 4.78 is 0. The Bertz CT molecular complexity index is 767. The Kier molecular flexibility index (Phi) is 6.34. The van der Waals surface area contributed by atoms with Crippen LogP contribution in [0.2, 0.25) is 0 Å². The van der Waals surface area contributed by atoms with E-state index in [1.54, 1.807) is 30.3 Å². The molecule has 0 atom stereocenters. The average Bonchev–Trinajstić information content (AvgIpc) is 2.61. The van der Waals surface area contributed by atoms with E-state index in [2.05, 4.69) is 22.5 Å². The molecule has 3 N–H and O–H groups in total. The lowest BCUT2D eigenvalue weighted by atomic mass is 10.1. The molecule has 0 aliphatic rings. The lowest BCUT2D eigenvalue weighted by Crippen LogP contribution is -2.23. The molecule has 130 valence electrons. The monoisotopic (exact) mass is 337 g/mol. The molecule has 5 heteroatoms. The van der Waals surface area contributed by atoms with Crippen LogP contribution in [-0.4, -0.2) is 24.9 Å². The molecule has 2 aromatic carbocycles. The van der Waals surface area contributed by atoms with E-state index in [0.717, 1.165) is 5.69 Å². The van der Waals surface area contributed by atoms with Crippen LogP contribution in [0.1, 0.15) is 21.5 Å². The average molecular weight is 337 g/mol. The zero-order valence-corrected chi connectivity index (χ0v) is 14.6. The van der Waals surface area contributed by atoms with Gasteiger partial charge < -0.3 is 16.0 Å². The number of benzene rings is 2. The first kappa shape index (κ1) is 18.3. The third-order valence-electron chi connectivity index (χ3n) is 3.80. The highest BCUT2D eigenvalue weighted by Crippen LogP contribution is 2.14. The van der Waals surface area contributed by atoms with Crippen molar-refractivity contribution in [3.63, 3.8) is 0 Å². The van der Waals surface area contributed by atoms with Crippen molar-refractivity contribution in [2.75, 3.05) is 23.7 Å². The molecular formula is C20H23N3O2. The van der Waals surface area contributed by atoms with Crippen LogP contribution < -0.4 is 16.0 Å². The number of carbonyl (C=O) groups is 2. The molecule has 0 bridgehead atoms. The molecule has 2 rings (SSSR count). The molecule has 0 saturated carbocycles. The van der Waals surface area contributed by atoms with E-state index in [0.29, 0.717) is 17.8 Å². The van der Waals surface area contributed by atoms with Gasteiger partial charge >= 0.3 is 0 Å². The van der Waals surface area contributed by atoms with Gasteiger partial charge in [0, 0.05) is 23.5 Å². The number of hydrogen-bond donors (Lipinski definition) is 3. The zero-order valence-electron chi connectivity index (χ0n) is 14.6. The fourth-order valence-electron chi connectivity index (χ4n) is 2.21. The first-order valence-electron chi connectivity index (χ1n) is 8.09. The number of amides is 2. The molecule has 5 nitrogen and oxygen atoms in total. The van der Waals surface area contributed by atoms with Crippen LogP contribution in [0.5, 0.6) is 0 Å². The summed E-state index contributed by atoms with van der Waals surface area (Å²) >= 11 is 0. The minimum atomic E-state index is -0.172. The van der Waals surface area contributed by atoms with Crippen LogP contribution in [-0.2, 0) is 4.79 Å². The van der Waals surface area contributed by atoms with E-state index >= 15 is 0 Å². The molecule has 0 aliphatic carbocycles. The van der Waals surface area contributed by atoms with Crippen LogP contribution in [0, 0.1) is 13.8 Å². The van der Waals surface area contributed by atoms with Gasteiger partial charge in [-0.2, -0.15) is 0 Å². The standard InChI is InChI=1S/C20H23N3O2/c1-4-11-21-20(25)16-6-9-17(10-7-16)23-19(24)13-22-18-8-5-14(2)15(3)12-18/h4-10,12,22H,1,11,13H2,2-3H3,(H,21,25)(H,23,24). The van der Waals surface area contributed by atoms with Gasteiger partial charge in [-0.05, 0) is 61.4 Å². The summed E-state index contributed by atoms with van der Waals surface area (Å²) in [5.74, 6) is -0.323. The minimum absolute atomic E-state index is 0.151. The Hall–Kier alpha value is -3.08. The number of hydrogen-bond acceptors (Lipinski definition) is 3. The lowest BCUT2D eigenvalue weighted by molar-refractivity contribution is -0.114. The topological polar surface area (TPSA) is 70.2 Å². The highest BCUT2D eigenvalue weighted by Gasteiger charge is 2.06. The second kappa shape index (κ2) is 8.68. The Morgan fingerprint density at radius 2 is 1.68 bits per heavy atom. The maximum atomic E-state index is 12.0. The van der Waals surface area contributed by atoms with E-state index in [1.807, 2.05) is 32.0 Å². The van der Waals surface area contributed by atoms with Crippen LogP contribution in [0.4, 0.5) is 11.4 Å². The molecule has 0 unspecified atom stereocenters. The van der Waals surface area contributed by atoms with Gasteiger partial charge in [0.15, 0.2) is 0 Å². The minimum Gasteiger partial charge on any atom is -0.376 e. The quantitative estimate of drug-likeness (QED) is 0.679. The van der Waals surface area contributed by atoms with Gasteiger partial charge in [0.25, 0.3) is 5.91 Å². The predicted molar refractivity (Wildman–Crippen MR) is 102 cm³/mol. The van der Waals surface area contributed by atoms with Crippen molar-refractivity contribution in [3.8, 4) is 0 Å². The molecule has 25 heavy (non-hydrogen) atoms. The van der Waals surface area contributed by atoms with Crippen molar-refractivity contribution in [3.05, 3.63) is 71.8 Å². The third kappa shape index (κ3) is 5.49. The van der Waals surface area contributed by atoms with Gasteiger partial charge in [0.2, 0.25) is 5.91 Å². The molecule has 0 aliphatic heterocycles.